The van der Waals surface area contributed by atoms with Crippen LogP contribution in [0.25, 0.3) is 0 Å². The number of hydrogen-bond acceptors (Lipinski definition) is 2. The molecule has 38 heavy (non-hydrogen) atoms. The summed E-state index contributed by atoms with van der Waals surface area (Å²) in [5, 5.41) is 0. The highest BCUT2D eigenvalue weighted by Crippen LogP contribution is 2.84. The Kier molecular flexibility index (Phi) is 22.4. The van der Waals surface area contributed by atoms with Gasteiger partial charge in [-0.3, -0.25) is 0 Å². The molecule has 0 unspecified atom stereocenters. The first-order chi connectivity index (χ1) is 17.5. The highest BCUT2D eigenvalue weighted by atomic mass is 35.9. The summed E-state index contributed by atoms with van der Waals surface area (Å²) >= 11 is 15.0. The first kappa shape index (κ1) is 41.7. The van der Waals surface area contributed by atoms with Crippen molar-refractivity contribution >= 4 is 43.8 Å². The van der Waals surface area contributed by atoms with Gasteiger partial charge in [0, 0.05) is 78.5 Å². The van der Waals surface area contributed by atoms with E-state index in [1.807, 2.05) is 0 Å². The topological polar surface area (TPSA) is 44.2 Å². The van der Waals surface area contributed by atoms with E-state index >= 15 is 0 Å². The third-order valence-electron chi connectivity index (χ3n) is 7.11. The average molecular weight is 660 g/mol. The maximum atomic E-state index is 7.49. The largest absolute Gasteiger partial charge is 1.00 e. The third-order valence-corrected chi connectivity index (χ3v) is 21.1. The van der Waals surface area contributed by atoms with Crippen LogP contribution in [0.3, 0.4) is 0 Å². The second-order valence-electron chi connectivity index (χ2n) is 8.54. The summed E-state index contributed by atoms with van der Waals surface area (Å²) in [4.78, 5) is 0. The molecule has 0 aromatic rings. The molecule has 0 saturated heterocycles. The molecule has 0 heterocycles. The molecular weight excluding hydrogens is 600 g/mol. The number of hydrogen-bond donors (Lipinski definition) is 0. The molecule has 0 saturated carbocycles. The molecule has 0 N–H and O–H groups in total. The molecule has 0 rings (SSSR count). The van der Waals surface area contributed by atoms with Gasteiger partial charge in [-0.25, -0.2) is 28.0 Å². The lowest BCUT2D eigenvalue weighted by atomic mass is 10.7. The van der Waals surface area contributed by atoms with Crippen LogP contribution in [-0.2, 0) is 0 Å². The summed E-state index contributed by atoms with van der Waals surface area (Å²) in [7, 11) is -4.79. The maximum absolute atomic E-state index is 7.49. The summed E-state index contributed by atoms with van der Waals surface area (Å²) in [5.74, 6) is 0. The van der Waals surface area contributed by atoms with Crippen LogP contribution in [0.15, 0.2) is 9.03 Å². The van der Waals surface area contributed by atoms with E-state index in [1.54, 1.807) is 0 Å². The van der Waals surface area contributed by atoms with Gasteiger partial charge in [0.05, 0.1) is 0 Å². The molecule has 0 bridgehead atoms. The van der Waals surface area contributed by atoms with Crippen LogP contribution < -0.4 is 12.4 Å². The summed E-state index contributed by atoms with van der Waals surface area (Å²) in [6.07, 6.45) is -3.12. The van der Waals surface area contributed by atoms with E-state index in [-0.39, 0.29) is 12.4 Å². The molecule has 0 spiro atoms. The van der Waals surface area contributed by atoms with E-state index < -0.39 is 21.3 Å². The molecule has 0 aliphatic heterocycles. The van der Waals surface area contributed by atoms with Crippen molar-refractivity contribution in [1.82, 2.24) is 28.0 Å². The molecule has 8 nitrogen and oxygen atoms in total. The Morgan fingerprint density at radius 3 is 0.632 bits per heavy atom. The maximum Gasteiger partial charge on any atom is 0.447 e. The Balaban J connectivity index is 0. The first-order valence-electron chi connectivity index (χ1n) is 14.6. The van der Waals surface area contributed by atoms with Crippen molar-refractivity contribution < 1.29 is 12.4 Å². The fraction of sp³-hybridized carbons (Fsp3) is 1.00. The lowest BCUT2D eigenvalue weighted by Gasteiger charge is -2.48. The van der Waals surface area contributed by atoms with Crippen LogP contribution in [0, 0.1) is 0 Å². The van der Waals surface area contributed by atoms with Gasteiger partial charge >= 0.3 is 6.27 Å². The number of nitrogens with zero attached hydrogens (tertiary/aromatic N) is 8. The molecule has 0 atom stereocenters. The molecule has 0 aromatic carbocycles. The van der Waals surface area contributed by atoms with E-state index in [0.717, 1.165) is 78.5 Å². The van der Waals surface area contributed by atoms with Gasteiger partial charge in [0.25, 0.3) is 0 Å². The van der Waals surface area contributed by atoms with Crippen LogP contribution in [0.5, 0.6) is 0 Å². The Morgan fingerprint density at radius 1 is 0.395 bits per heavy atom. The quantitative estimate of drug-likeness (QED) is 0.148. The molecule has 0 radical (unpaired) electrons. The van der Waals surface area contributed by atoms with Gasteiger partial charge in [-0.2, -0.15) is 0 Å². The lowest BCUT2D eigenvalue weighted by Crippen LogP contribution is -3.00. The molecule has 14 heteroatoms. The minimum Gasteiger partial charge on any atom is -1.00 e. The van der Waals surface area contributed by atoms with Crippen molar-refractivity contribution in [3.05, 3.63) is 0 Å². The van der Waals surface area contributed by atoms with Crippen molar-refractivity contribution in [2.45, 2.75) is 83.1 Å². The van der Waals surface area contributed by atoms with Gasteiger partial charge in [-0.05, 0) is 9.03 Å². The monoisotopic (exact) mass is 658 g/mol. The van der Waals surface area contributed by atoms with Gasteiger partial charge in [-0.15, -0.1) is 0 Å². The molecular formula is C24H60Cl3N8P3. The Morgan fingerprint density at radius 2 is 0.526 bits per heavy atom. The zero-order valence-electron chi connectivity index (χ0n) is 26.5. The van der Waals surface area contributed by atoms with E-state index in [9.17, 15) is 0 Å². The van der Waals surface area contributed by atoms with Gasteiger partial charge in [-0.1, -0.05) is 83.1 Å². The van der Waals surface area contributed by atoms with Gasteiger partial charge in [0.1, 0.15) is 0 Å². The number of rotatable bonds is 20. The highest BCUT2D eigenvalue weighted by molar-refractivity contribution is 8.18. The van der Waals surface area contributed by atoms with Crippen molar-refractivity contribution in [2.24, 2.45) is 9.03 Å². The summed E-state index contributed by atoms with van der Waals surface area (Å²) in [6, 6.07) is 0. The zero-order valence-corrected chi connectivity index (χ0v) is 31.5. The van der Waals surface area contributed by atoms with E-state index in [0.29, 0.717) is 0 Å². The van der Waals surface area contributed by atoms with Crippen molar-refractivity contribution in [1.29, 1.82) is 0 Å². The van der Waals surface area contributed by atoms with Crippen LogP contribution in [0.1, 0.15) is 83.1 Å². The zero-order chi connectivity index (χ0) is 28.9. The number of halogens is 3. The van der Waals surface area contributed by atoms with Crippen LogP contribution >= 0.6 is 43.8 Å². The van der Waals surface area contributed by atoms with Crippen LogP contribution in [0.2, 0.25) is 0 Å². The third kappa shape index (κ3) is 9.26. The minimum absolute atomic E-state index is 0. The fourth-order valence-electron chi connectivity index (χ4n) is 5.34. The molecule has 0 amide bonds. The van der Waals surface area contributed by atoms with Crippen LogP contribution in [-0.4, -0.2) is 107 Å². The van der Waals surface area contributed by atoms with Gasteiger partial charge in [0.15, 0.2) is 22.5 Å². The SMILES string of the molecule is CCN(CC)P(=N[P+](Cl)(Cl)N=P(N(CC)CC)(N(CC)CC)N(CC)CC)(N(CC)CC)N(CC)CC.[Cl-]. The Hall–Kier alpha value is 1.52. The highest BCUT2D eigenvalue weighted by Gasteiger charge is 2.51. The van der Waals surface area contributed by atoms with Crippen molar-refractivity contribution in [3.8, 4) is 0 Å². The predicted molar refractivity (Wildman–Crippen MR) is 175 cm³/mol. The van der Waals surface area contributed by atoms with Gasteiger partial charge in [0.2, 0.25) is 15.0 Å². The molecule has 0 fully saturated rings. The Labute approximate surface area is 254 Å². The van der Waals surface area contributed by atoms with E-state index in [2.05, 4.69) is 111 Å². The van der Waals surface area contributed by atoms with E-state index in [1.165, 1.54) is 0 Å². The standard InChI is InChI=1S/C24H60Cl2N8P3.ClH/c1-13-29(14-2)36(30(15-3)16-4,31(17-5)18-6)27-35(25,26)28-37(32(19-7)20-8,33(21-9)22-10)34(23-11)24-12;/h13-24H2,1-12H3;1H/q+1;/p-1. The normalized spacial score (nSPS) is 13.4. The Bertz CT molecular complexity index is 587. The average Bonchev–Trinajstić information content (AvgIpc) is 2.87. The summed E-state index contributed by atoms with van der Waals surface area (Å²) < 4.78 is 26.3. The molecule has 0 aliphatic carbocycles. The summed E-state index contributed by atoms with van der Waals surface area (Å²) in [5.41, 5.74) is 0. The van der Waals surface area contributed by atoms with Crippen molar-refractivity contribution in [2.75, 3.05) is 78.5 Å². The second-order valence-corrected chi connectivity index (χ2v) is 19.8. The van der Waals surface area contributed by atoms with Gasteiger partial charge < -0.3 is 12.4 Å². The van der Waals surface area contributed by atoms with E-state index in [4.69, 9.17) is 31.5 Å². The lowest BCUT2D eigenvalue weighted by molar-refractivity contribution is -0.00000951. The molecule has 0 aliphatic rings. The predicted octanol–water partition coefficient (Wildman–Crippen LogP) is 6.09. The molecule has 232 valence electrons. The summed E-state index contributed by atoms with van der Waals surface area (Å²) in [6.45, 7) is 37.3. The minimum atomic E-state index is -3.12. The molecule has 0 aromatic heterocycles. The second kappa shape index (κ2) is 20.4. The fourth-order valence-corrected chi connectivity index (χ4v) is 20.8. The smallest absolute Gasteiger partial charge is 0.447 e. The van der Waals surface area contributed by atoms with Crippen molar-refractivity contribution in [3.63, 3.8) is 0 Å². The first-order valence-corrected chi connectivity index (χ1v) is 21.3. The van der Waals surface area contributed by atoms with Crippen LogP contribution in [0.4, 0.5) is 0 Å².